The van der Waals surface area contributed by atoms with Crippen LogP contribution in [0.3, 0.4) is 0 Å². The molecule has 0 unspecified atom stereocenters. The number of methoxy groups -OCH3 is 3. The number of aliphatic carboxylic acids is 1. The molecular formula is C28H30NNaO6S. The van der Waals surface area contributed by atoms with Crippen molar-refractivity contribution in [3.8, 4) is 23.0 Å². The van der Waals surface area contributed by atoms with Crippen molar-refractivity contribution in [3.05, 3.63) is 77.6 Å². The van der Waals surface area contributed by atoms with E-state index < -0.39 is 5.97 Å². The Hall–Kier alpha value is -2.65. The molecule has 0 amide bonds. The number of unbranched alkanes of at least 4 members (excludes halogenated alkanes) is 1. The van der Waals surface area contributed by atoms with Crippen LogP contribution in [-0.2, 0) is 17.0 Å². The molecular weight excluding hydrogens is 501 g/mol. The molecule has 1 heterocycles. The average Bonchev–Trinajstić information content (AvgIpc) is 2.91. The van der Waals surface area contributed by atoms with Crippen LogP contribution in [-0.4, -0.2) is 38.9 Å². The largest absolute Gasteiger partial charge is 1.00 e. The van der Waals surface area contributed by atoms with Crippen LogP contribution in [0.1, 0.15) is 29.8 Å². The molecule has 0 atom stereocenters. The SMILES string of the molecule is COc1ccc(CCCCOc2ccc(CSc3c(OC)cccc3OC)nc2/C=C/C(=O)[O-])cc1.[Na+]. The van der Waals surface area contributed by atoms with Crippen LogP contribution >= 0.6 is 11.8 Å². The summed E-state index contributed by atoms with van der Waals surface area (Å²) in [6, 6.07) is 17.3. The van der Waals surface area contributed by atoms with Gasteiger partial charge in [-0.15, -0.1) is 11.8 Å². The second-order valence-corrected chi connectivity index (χ2v) is 8.76. The topological polar surface area (TPSA) is 89.9 Å². The molecule has 0 N–H and O–H groups in total. The Kier molecular flexibility index (Phi) is 13.4. The number of thioether (sulfide) groups is 1. The van der Waals surface area contributed by atoms with Gasteiger partial charge in [0.2, 0.25) is 0 Å². The van der Waals surface area contributed by atoms with Gasteiger partial charge in [0, 0.05) is 5.75 Å². The van der Waals surface area contributed by atoms with Gasteiger partial charge in [-0.1, -0.05) is 18.2 Å². The summed E-state index contributed by atoms with van der Waals surface area (Å²) >= 11 is 1.53. The van der Waals surface area contributed by atoms with Gasteiger partial charge in [-0.2, -0.15) is 0 Å². The molecule has 0 spiro atoms. The fourth-order valence-electron chi connectivity index (χ4n) is 3.48. The van der Waals surface area contributed by atoms with Crippen molar-refractivity contribution < 1.29 is 58.4 Å². The van der Waals surface area contributed by atoms with E-state index in [9.17, 15) is 9.90 Å². The van der Waals surface area contributed by atoms with Crippen LogP contribution in [0.15, 0.2) is 65.6 Å². The maximum atomic E-state index is 11.0. The quantitative estimate of drug-likeness (QED) is 0.134. The number of aryl methyl sites for hydroxylation is 1. The van der Waals surface area contributed by atoms with Crippen molar-refractivity contribution >= 4 is 23.8 Å². The second kappa shape index (κ2) is 16.2. The van der Waals surface area contributed by atoms with Crippen LogP contribution in [0.2, 0.25) is 0 Å². The number of ether oxygens (including phenoxy) is 4. The molecule has 0 aliphatic heterocycles. The Morgan fingerprint density at radius 3 is 2.24 bits per heavy atom. The Morgan fingerprint density at radius 1 is 0.919 bits per heavy atom. The fraction of sp³-hybridized carbons (Fsp3) is 0.286. The van der Waals surface area contributed by atoms with Crippen molar-refractivity contribution in [2.24, 2.45) is 0 Å². The van der Waals surface area contributed by atoms with Crippen molar-refractivity contribution in [1.82, 2.24) is 4.98 Å². The number of carbonyl (C=O) groups excluding carboxylic acids is 1. The third-order valence-electron chi connectivity index (χ3n) is 5.34. The van der Waals surface area contributed by atoms with E-state index in [1.54, 1.807) is 21.3 Å². The predicted octanol–water partition coefficient (Wildman–Crippen LogP) is 1.57. The van der Waals surface area contributed by atoms with Gasteiger partial charge in [0.15, 0.2) is 0 Å². The number of pyridine rings is 1. The van der Waals surface area contributed by atoms with Gasteiger partial charge in [0.05, 0.1) is 44.5 Å². The summed E-state index contributed by atoms with van der Waals surface area (Å²) in [4.78, 5) is 16.5. The number of benzene rings is 2. The van der Waals surface area contributed by atoms with E-state index in [-0.39, 0.29) is 29.6 Å². The number of hydrogen-bond acceptors (Lipinski definition) is 8. The molecule has 0 aliphatic rings. The Morgan fingerprint density at radius 2 is 1.62 bits per heavy atom. The monoisotopic (exact) mass is 531 g/mol. The van der Waals surface area contributed by atoms with E-state index in [1.165, 1.54) is 23.4 Å². The van der Waals surface area contributed by atoms with Gasteiger partial charge in [0.1, 0.15) is 28.7 Å². The predicted molar refractivity (Wildman–Crippen MR) is 139 cm³/mol. The number of aromatic nitrogens is 1. The molecule has 0 aliphatic carbocycles. The first-order valence-corrected chi connectivity index (χ1v) is 12.5. The van der Waals surface area contributed by atoms with E-state index in [4.69, 9.17) is 18.9 Å². The van der Waals surface area contributed by atoms with Gasteiger partial charge < -0.3 is 28.8 Å². The van der Waals surface area contributed by atoms with Crippen LogP contribution in [0, 0.1) is 0 Å². The zero-order valence-corrected chi connectivity index (χ0v) is 24.5. The molecule has 0 bridgehead atoms. The summed E-state index contributed by atoms with van der Waals surface area (Å²) < 4.78 is 22.0. The van der Waals surface area contributed by atoms with Crippen molar-refractivity contribution in [1.29, 1.82) is 0 Å². The number of carboxylic acid groups (broad SMARTS) is 1. The summed E-state index contributed by atoms with van der Waals surface area (Å²) in [6.07, 6.45) is 5.10. The molecule has 1 aromatic heterocycles. The number of carbonyl (C=O) groups is 1. The average molecular weight is 532 g/mol. The van der Waals surface area contributed by atoms with Crippen molar-refractivity contribution in [2.45, 2.75) is 29.9 Å². The molecule has 7 nitrogen and oxygen atoms in total. The third-order valence-corrected chi connectivity index (χ3v) is 6.48. The third kappa shape index (κ3) is 9.63. The Bertz CT molecular complexity index is 1150. The van der Waals surface area contributed by atoms with E-state index >= 15 is 0 Å². The molecule has 190 valence electrons. The van der Waals surface area contributed by atoms with Gasteiger partial charge in [-0.3, -0.25) is 0 Å². The van der Waals surface area contributed by atoms with Crippen molar-refractivity contribution in [2.75, 3.05) is 27.9 Å². The molecule has 9 heteroatoms. The van der Waals surface area contributed by atoms with Gasteiger partial charge >= 0.3 is 29.6 Å². The molecule has 3 rings (SSSR count). The molecule has 0 saturated heterocycles. The summed E-state index contributed by atoms with van der Waals surface area (Å²) in [5.74, 6) is 2.04. The van der Waals surface area contributed by atoms with Gasteiger partial charge in [-0.05, 0) is 73.4 Å². The van der Waals surface area contributed by atoms with E-state index in [0.717, 1.165) is 41.7 Å². The smallest absolute Gasteiger partial charge is 0.545 e. The number of nitrogens with zero attached hydrogens (tertiary/aromatic N) is 1. The van der Waals surface area contributed by atoms with Crippen molar-refractivity contribution in [3.63, 3.8) is 0 Å². The van der Waals surface area contributed by atoms with Crippen LogP contribution in [0.5, 0.6) is 23.0 Å². The van der Waals surface area contributed by atoms with E-state index in [1.807, 2.05) is 42.5 Å². The first-order chi connectivity index (χ1) is 17.5. The minimum absolute atomic E-state index is 0. The summed E-state index contributed by atoms with van der Waals surface area (Å²) in [5.41, 5.74) is 2.45. The zero-order chi connectivity index (χ0) is 25.8. The normalized spacial score (nSPS) is 10.6. The first kappa shape index (κ1) is 30.6. The molecule has 37 heavy (non-hydrogen) atoms. The van der Waals surface area contributed by atoms with Crippen LogP contribution in [0.4, 0.5) is 0 Å². The molecule has 3 aromatic rings. The number of carboxylic acids is 1. The van der Waals surface area contributed by atoms with Gasteiger partial charge in [-0.25, -0.2) is 4.98 Å². The van der Waals surface area contributed by atoms with E-state index in [0.29, 0.717) is 35.3 Å². The minimum Gasteiger partial charge on any atom is -0.545 e. The Labute approximate surface area is 244 Å². The van der Waals surface area contributed by atoms with E-state index in [2.05, 4.69) is 17.1 Å². The summed E-state index contributed by atoms with van der Waals surface area (Å²) in [6.45, 7) is 0.497. The molecule has 0 radical (unpaired) electrons. The number of hydrogen-bond donors (Lipinski definition) is 0. The summed E-state index contributed by atoms with van der Waals surface area (Å²) in [5, 5.41) is 11.0. The molecule has 0 fully saturated rings. The van der Waals surface area contributed by atoms with Crippen LogP contribution < -0.4 is 53.6 Å². The van der Waals surface area contributed by atoms with Crippen LogP contribution in [0.25, 0.3) is 6.08 Å². The maximum Gasteiger partial charge on any atom is 1.00 e. The van der Waals surface area contributed by atoms with Gasteiger partial charge in [0.25, 0.3) is 0 Å². The fourth-order valence-corrected chi connectivity index (χ4v) is 4.52. The minimum atomic E-state index is -1.29. The molecule has 0 saturated carbocycles. The maximum absolute atomic E-state index is 11.0. The number of rotatable bonds is 14. The summed E-state index contributed by atoms with van der Waals surface area (Å²) in [7, 11) is 4.88. The Balaban J connectivity index is 0.00000481. The second-order valence-electron chi connectivity index (χ2n) is 7.77. The first-order valence-electron chi connectivity index (χ1n) is 11.5. The standard InChI is InChI=1S/C28H31NO6S.Na/c1-32-22-13-10-20(11-14-22)7-4-5-18-35-24-16-12-21(29-23(24)15-17-27(30)31)19-36-28-25(33-2)8-6-9-26(28)34-3;/h6,8-17H,4-5,7,18-19H2,1-3H3,(H,30,31);/q;+1/p-1/b17-15+;. The molecule has 2 aromatic carbocycles. The zero-order valence-electron chi connectivity index (χ0n) is 21.7.